The number of pyridine rings is 1. The van der Waals surface area contributed by atoms with Crippen LogP contribution in [0.2, 0.25) is 0 Å². The first-order chi connectivity index (χ1) is 19.8. The second-order valence-corrected chi connectivity index (χ2v) is 12.1. The number of carbonyl (C=O) groups excluding carboxylic acids is 2. The number of ether oxygens (including phenoxy) is 1. The second kappa shape index (κ2) is 11.4. The van der Waals surface area contributed by atoms with E-state index in [2.05, 4.69) is 4.98 Å². The Morgan fingerprint density at radius 3 is 2.43 bits per heavy atom. The highest BCUT2D eigenvalue weighted by Gasteiger charge is 2.58. The molecule has 228 valence electrons. The number of aromatic nitrogens is 1. The number of amides is 2. The molecular weight excluding hydrogens is 556 g/mol. The summed E-state index contributed by atoms with van der Waals surface area (Å²) >= 11 is 0. The summed E-state index contributed by atoms with van der Waals surface area (Å²) in [5.74, 6) is -1.54. The van der Waals surface area contributed by atoms with Gasteiger partial charge in [0.15, 0.2) is 0 Å². The Bertz CT molecular complexity index is 1310. The monoisotopic (exact) mass is 592 g/mol. The molecule has 0 spiro atoms. The first-order valence-electron chi connectivity index (χ1n) is 14.3. The Morgan fingerprint density at radius 1 is 1.17 bits per heavy atom. The largest absolute Gasteiger partial charge is 0.492 e. The lowest BCUT2D eigenvalue weighted by atomic mass is 9.67. The Kier molecular flexibility index (Phi) is 8.23. The fraction of sp³-hybridized carbons (Fsp3) is 0.567. The molecule has 3 aliphatic rings. The van der Waals surface area contributed by atoms with Gasteiger partial charge in [-0.1, -0.05) is 12.5 Å². The van der Waals surface area contributed by atoms with Crippen LogP contribution >= 0.6 is 0 Å². The number of hydrogen-bond donors (Lipinski definition) is 2. The smallest absolute Gasteiger partial charge is 0.395 e. The van der Waals surface area contributed by atoms with Crippen LogP contribution in [-0.4, -0.2) is 82.3 Å². The van der Waals surface area contributed by atoms with Crippen molar-refractivity contribution in [3.05, 3.63) is 47.9 Å². The lowest BCUT2D eigenvalue weighted by Gasteiger charge is -2.47. The number of likely N-dealkylation sites (tertiary alicyclic amines) is 2. The average molecular weight is 593 g/mol. The molecule has 0 unspecified atom stereocenters. The molecule has 8 nitrogen and oxygen atoms in total. The van der Waals surface area contributed by atoms with E-state index < -0.39 is 40.9 Å². The predicted octanol–water partition coefficient (Wildman–Crippen LogP) is 4.16. The number of rotatable bonds is 8. The molecule has 0 bridgehead atoms. The molecular formula is C30H36F4N4O4. The minimum atomic E-state index is -4.15. The fourth-order valence-corrected chi connectivity index (χ4v) is 6.30. The van der Waals surface area contributed by atoms with Crippen molar-refractivity contribution in [2.75, 3.05) is 32.8 Å². The molecule has 3 fully saturated rings. The summed E-state index contributed by atoms with van der Waals surface area (Å²) in [5.41, 5.74) is 3.17. The maximum absolute atomic E-state index is 15.1. The molecule has 1 saturated carbocycles. The predicted molar refractivity (Wildman–Crippen MR) is 146 cm³/mol. The number of β-amino-alcohol motifs (C(OH)–C–C–N with tert-alkyl or cyclic N) is 1. The van der Waals surface area contributed by atoms with Crippen LogP contribution in [-0.2, 0) is 4.79 Å². The van der Waals surface area contributed by atoms with E-state index in [1.165, 1.54) is 25.3 Å². The number of nitrogens with zero attached hydrogens (tertiary/aromatic N) is 3. The Morgan fingerprint density at radius 2 is 1.88 bits per heavy atom. The Labute approximate surface area is 241 Å². The molecule has 1 aliphatic carbocycles. The topological polar surface area (TPSA) is 109 Å². The number of benzene rings is 1. The van der Waals surface area contributed by atoms with Gasteiger partial charge in [0.2, 0.25) is 5.91 Å². The molecule has 5 rings (SSSR count). The first-order valence-corrected chi connectivity index (χ1v) is 14.3. The Balaban J connectivity index is 1.14. The van der Waals surface area contributed by atoms with Crippen LogP contribution < -0.4 is 10.5 Å². The van der Waals surface area contributed by atoms with Gasteiger partial charge in [0.1, 0.15) is 17.1 Å². The SMILES string of the molecule is C[C@@]1(C(N)=O)C[C@@H](O)CN1C(=O)c1ccc(-c2ccc(OCC3CCN(CC4(C(F)(F)F)CCC4)CC3)cn2)cc1F. The third-order valence-corrected chi connectivity index (χ3v) is 9.26. The van der Waals surface area contributed by atoms with Gasteiger partial charge in [-0.05, 0) is 75.9 Å². The van der Waals surface area contributed by atoms with Crippen molar-refractivity contribution in [2.45, 2.75) is 63.3 Å². The fourth-order valence-electron chi connectivity index (χ4n) is 6.30. The third-order valence-electron chi connectivity index (χ3n) is 9.26. The molecule has 2 aromatic rings. The minimum absolute atomic E-state index is 0.0199. The van der Waals surface area contributed by atoms with Crippen molar-refractivity contribution in [1.29, 1.82) is 0 Å². The lowest BCUT2D eigenvalue weighted by molar-refractivity contribution is -0.256. The number of aliphatic hydroxyl groups is 1. The van der Waals surface area contributed by atoms with Gasteiger partial charge in [-0.3, -0.25) is 14.6 Å². The summed E-state index contributed by atoms with van der Waals surface area (Å²) in [7, 11) is 0. The van der Waals surface area contributed by atoms with E-state index >= 15 is 4.39 Å². The van der Waals surface area contributed by atoms with Gasteiger partial charge in [0.25, 0.3) is 5.91 Å². The lowest BCUT2D eigenvalue weighted by Crippen LogP contribution is -2.54. The van der Waals surface area contributed by atoms with Gasteiger partial charge in [-0.15, -0.1) is 0 Å². The molecule has 2 saturated heterocycles. The molecule has 0 radical (unpaired) electrons. The van der Waals surface area contributed by atoms with E-state index in [9.17, 15) is 27.9 Å². The third kappa shape index (κ3) is 5.83. The van der Waals surface area contributed by atoms with E-state index in [1.54, 1.807) is 18.2 Å². The molecule has 2 amide bonds. The van der Waals surface area contributed by atoms with E-state index in [1.807, 2.05) is 4.90 Å². The number of piperidine rings is 1. The number of hydrogen-bond acceptors (Lipinski definition) is 6. The maximum Gasteiger partial charge on any atom is 0.395 e. The van der Waals surface area contributed by atoms with Crippen LogP contribution in [0.5, 0.6) is 5.75 Å². The molecule has 42 heavy (non-hydrogen) atoms. The Hall–Kier alpha value is -3.25. The molecule has 3 heterocycles. The van der Waals surface area contributed by atoms with Crippen LogP contribution in [0, 0.1) is 17.2 Å². The number of carbonyl (C=O) groups is 2. The summed E-state index contributed by atoms with van der Waals surface area (Å²) in [6.45, 7) is 3.08. The van der Waals surface area contributed by atoms with Gasteiger partial charge in [-0.25, -0.2) is 4.39 Å². The number of nitrogens with two attached hydrogens (primary N) is 1. The van der Waals surface area contributed by atoms with Gasteiger partial charge in [0.05, 0.1) is 35.6 Å². The molecule has 2 atom stereocenters. The number of alkyl halides is 3. The van der Waals surface area contributed by atoms with Crippen LogP contribution in [0.4, 0.5) is 17.6 Å². The van der Waals surface area contributed by atoms with E-state index in [-0.39, 0.29) is 43.8 Å². The highest BCUT2D eigenvalue weighted by Crippen LogP contribution is 2.53. The van der Waals surface area contributed by atoms with Gasteiger partial charge in [0, 0.05) is 25.1 Å². The standard InChI is InChI=1S/C30H36F4N4O4/c1-28(27(35)41)14-21(39)16-38(28)26(40)23-5-3-20(13-24(23)31)25-6-4-22(15-36-25)42-17-19-7-11-37(12-8-19)18-29(9-2-10-29)30(32,33)34/h3-6,13,15,19,21,39H,2,7-12,14,16-18H2,1H3,(H2,35,41)/t21-,28+/m1/s1. The van der Waals surface area contributed by atoms with Crippen LogP contribution in [0.3, 0.4) is 0 Å². The highest BCUT2D eigenvalue weighted by molar-refractivity contribution is 5.99. The molecule has 12 heteroatoms. The van der Waals surface area contributed by atoms with Crippen LogP contribution in [0.25, 0.3) is 11.3 Å². The number of halogens is 4. The summed E-state index contributed by atoms with van der Waals surface area (Å²) in [5, 5.41) is 10.0. The normalized spacial score (nSPS) is 24.8. The molecule has 1 aromatic heterocycles. The van der Waals surface area contributed by atoms with E-state index in [4.69, 9.17) is 10.5 Å². The van der Waals surface area contributed by atoms with Crippen molar-refractivity contribution in [3.8, 4) is 17.0 Å². The molecule has 1 aromatic carbocycles. The summed E-state index contributed by atoms with van der Waals surface area (Å²) in [6, 6.07) is 7.43. The van der Waals surface area contributed by atoms with Gasteiger partial charge < -0.3 is 25.4 Å². The summed E-state index contributed by atoms with van der Waals surface area (Å²) in [4.78, 5) is 32.4. The van der Waals surface area contributed by atoms with Crippen molar-refractivity contribution in [1.82, 2.24) is 14.8 Å². The average Bonchev–Trinajstić information content (AvgIpc) is 3.24. The summed E-state index contributed by atoms with van der Waals surface area (Å²) in [6.07, 6.45) is -0.981. The van der Waals surface area contributed by atoms with Gasteiger partial charge in [-0.2, -0.15) is 13.2 Å². The zero-order valence-corrected chi connectivity index (χ0v) is 23.5. The van der Waals surface area contributed by atoms with E-state index in [0.717, 1.165) is 17.7 Å². The van der Waals surface area contributed by atoms with Crippen molar-refractivity contribution in [2.24, 2.45) is 17.1 Å². The zero-order chi connectivity index (χ0) is 30.3. The van der Waals surface area contributed by atoms with Crippen LogP contribution in [0.1, 0.15) is 55.8 Å². The highest BCUT2D eigenvalue weighted by atomic mass is 19.4. The molecule has 3 N–H and O–H groups in total. The number of primary amides is 1. The van der Waals surface area contributed by atoms with Crippen molar-refractivity contribution < 1.29 is 37.0 Å². The first kappa shape index (κ1) is 30.2. The van der Waals surface area contributed by atoms with E-state index in [0.29, 0.717) is 43.1 Å². The van der Waals surface area contributed by atoms with Gasteiger partial charge >= 0.3 is 6.18 Å². The second-order valence-electron chi connectivity index (χ2n) is 12.1. The quantitative estimate of drug-likeness (QED) is 0.446. The molecule has 2 aliphatic heterocycles. The minimum Gasteiger partial charge on any atom is -0.492 e. The van der Waals surface area contributed by atoms with Crippen LogP contribution in [0.15, 0.2) is 36.5 Å². The zero-order valence-electron chi connectivity index (χ0n) is 23.5. The van der Waals surface area contributed by atoms with Crippen molar-refractivity contribution in [3.63, 3.8) is 0 Å². The summed E-state index contributed by atoms with van der Waals surface area (Å²) < 4.78 is 61.5. The maximum atomic E-state index is 15.1. The number of aliphatic hydroxyl groups excluding tert-OH is 1. The van der Waals surface area contributed by atoms with Crippen molar-refractivity contribution >= 4 is 11.8 Å².